The van der Waals surface area contributed by atoms with E-state index in [2.05, 4.69) is 38.4 Å². The van der Waals surface area contributed by atoms with Crippen LogP contribution in [-0.4, -0.2) is 26.3 Å². The molecule has 1 fully saturated rings. The fourth-order valence-electron chi connectivity index (χ4n) is 3.34. The second-order valence-electron chi connectivity index (χ2n) is 5.77. The summed E-state index contributed by atoms with van der Waals surface area (Å²) in [6.07, 6.45) is 12.0. The highest BCUT2D eigenvalue weighted by atomic mass is 16.5. The number of hydrogen-bond acceptors (Lipinski definition) is 1. The predicted molar refractivity (Wildman–Crippen MR) is 68.7 cm³/mol. The van der Waals surface area contributed by atoms with Crippen LogP contribution < -0.4 is 4.90 Å². The van der Waals surface area contributed by atoms with Crippen LogP contribution in [0.3, 0.4) is 0 Å². The molecule has 2 aliphatic heterocycles. The average Bonchev–Trinajstić information content (AvgIpc) is 2.34. The Hall–Kier alpha value is -0.860. The minimum absolute atomic E-state index is 0.336. The zero-order valence-corrected chi connectivity index (χ0v) is 10.8. The number of fused-ring (bicyclic) bond motifs is 2. The van der Waals surface area contributed by atoms with Gasteiger partial charge >= 0.3 is 0 Å². The van der Waals surface area contributed by atoms with Gasteiger partial charge < -0.3 is 9.64 Å². The van der Waals surface area contributed by atoms with Gasteiger partial charge in [-0.3, -0.25) is 0 Å². The lowest BCUT2D eigenvalue weighted by Crippen LogP contribution is -3.05. The molecule has 0 radical (unpaired) electrons. The van der Waals surface area contributed by atoms with E-state index < -0.39 is 0 Å². The van der Waals surface area contributed by atoms with Gasteiger partial charge in [-0.25, -0.2) is 0 Å². The van der Waals surface area contributed by atoms with E-state index in [1.54, 1.807) is 5.57 Å². The molecule has 0 saturated carbocycles. The molecule has 3 aliphatic rings. The number of quaternary nitrogens is 1. The van der Waals surface area contributed by atoms with Gasteiger partial charge in [0.25, 0.3) is 0 Å². The molecule has 92 valence electrons. The van der Waals surface area contributed by atoms with Crippen LogP contribution in [0.4, 0.5) is 0 Å². The molecule has 0 aromatic rings. The predicted octanol–water partition coefficient (Wildman–Crippen LogP) is 1.33. The summed E-state index contributed by atoms with van der Waals surface area (Å²) in [5.41, 5.74) is 3.02. The van der Waals surface area contributed by atoms with Crippen LogP contribution in [0, 0.1) is 11.8 Å². The van der Waals surface area contributed by atoms with Crippen molar-refractivity contribution in [3.05, 3.63) is 35.6 Å². The van der Waals surface area contributed by atoms with Crippen LogP contribution >= 0.6 is 0 Å². The minimum atomic E-state index is 0.336. The highest BCUT2D eigenvalue weighted by molar-refractivity contribution is 5.25. The van der Waals surface area contributed by atoms with Gasteiger partial charge in [0, 0.05) is 11.5 Å². The SMILES string of the molecule is CC1=CCC2COC(C3=CC=C[NH+](C)C3)C1C2. The first-order chi connectivity index (χ1) is 8.24. The van der Waals surface area contributed by atoms with Crippen LogP contribution in [0.1, 0.15) is 19.8 Å². The molecule has 1 aliphatic carbocycles. The van der Waals surface area contributed by atoms with Gasteiger partial charge in [0.15, 0.2) is 0 Å². The van der Waals surface area contributed by atoms with E-state index in [1.165, 1.54) is 23.3 Å². The third-order valence-electron chi connectivity index (χ3n) is 4.36. The second kappa shape index (κ2) is 4.43. The van der Waals surface area contributed by atoms with E-state index in [1.807, 2.05) is 0 Å². The standard InChI is InChI=1S/C15H21NO/c1-11-5-6-12-8-14(11)15(17-10-12)13-4-3-7-16(2)9-13/h3-5,7,12,14-15H,6,8-10H2,1-2H3/p+1. The van der Waals surface area contributed by atoms with Crippen molar-refractivity contribution >= 4 is 0 Å². The summed E-state index contributed by atoms with van der Waals surface area (Å²) in [5.74, 6) is 1.40. The van der Waals surface area contributed by atoms with Gasteiger partial charge in [-0.1, -0.05) is 11.6 Å². The first-order valence-corrected chi connectivity index (χ1v) is 6.72. The summed E-state index contributed by atoms with van der Waals surface area (Å²) in [5, 5.41) is 0. The summed E-state index contributed by atoms with van der Waals surface area (Å²) in [6, 6.07) is 0. The number of ether oxygens (including phenoxy) is 1. The van der Waals surface area contributed by atoms with E-state index in [4.69, 9.17) is 4.74 Å². The zero-order valence-electron chi connectivity index (χ0n) is 10.8. The topological polar surface area (TPSA) is 13.7 Å². The van der Waals surface area contributed by atoms with Gasteiger partial charge in [-0.05, 0) is 37.8 Å². The minimum Gasteiger partial charge on any atom is -0.373 e. The molecule has 3 rings (SSSR count). The van der Waals surface area contributed by atoms with Crippen LogP contribution in [0.2, 0.25) is 0 Å². The first kappa shape index (κ1) is 11.2. The fourth-order valence-corrected chi connectivity index (χ4v) is 3.34. The number of nitrogens with one attached hydrogen (secondary N) is 1. The fraction of sp³-hybridized carbons (Fsp3) is 0.600. The summed E-state index contributed by atoms with van der Waals surface area (Å²) >= 11 is 0. The number of likely N-dealkylation sites (N-methyl/N-ethyl adjacent to an activating group) is 1. The highest BCUT2D eigenvalue weighted by Crippen LogP contribution is 2.39. The Bertz CT molecular complexity index is 394. The highest BCUT2D eigenvalue weighted by Gasteiger charge is 2.37. The van der Waals surface area contributed by atoms with Gasteiger partial charge in [0.2, 0.25) is 0 Å². The molecule has 0 spiro atoms. The van der Waals surface area contributed by atoms with Gasteiger partial charge in [-0.2, -0.15) is 0 Å². The maximum absolute atomic E-state index is 6.15. The lowest BCUT2D eigenvalue weighted by Gasteiger charge is -2.41. The third-order valence-corrected chi connectivity index (χ3v) is 4.36. The van der Waals surface area contributed by atoms with Crippen LogP contribution in [-0.2, 0) is 4.74 Å². The molecule has 1 N–H and O–H groups in total. The lowest BCUT2D eigenvalue weighted by molar-refractivity contribution is -0.820. The van der Waals surface area contributed by atoms with E-state index in [0.717, 1.165) is 19.1 Å². The third kappa shape index (κ3) is 2.12. The quantitative estimate of drug-likeness (QED) is 0.673. The first-order valence-electron chi connectivity index (χ1n) is 6.72. The van der Waals surface area contributed by atoms with Crippen molar-refractivity contribution < 1.29 is 9.64 Å². The summed E-state index contributed by atoms with van der Waals surface area (Å²) in [7, 11) is 2.21. The Morgan fingerprint density at radius 2 is 2.29 bits per heavy atom. The van der Waals surface area contributed by atoms with E-state index in [9.17, 15) is 0 Å². The van der Waals surface area contributed by atoms with Crippen LogP contribution in [0.25, 0.3) is 0 Å². The Morgan fingerprint density at radius 3 is 3.12 bits per heavy atom. The number of rotatable bonds is 1. The molecule has 0 aromatic heterocycles. The summed E-state index contributed by atoms with van der Waals surface area (Å²) in [6.45, 7) is 4.32. The monoisotopic (exact) mass is 232 g/mol. The Balaban J connectivity index is 1.83. The summed E-state index contributed by atoms with van der Waals surface area (Å²) in [4.78, 5) is 1.45. The summed E-state index contributed by atoms with van der Waals surface area (Å²) < 4.78 is 6.15. The van der Waals surface area contributed by atoms with Crippen molar-refractivity contribution in [2.45, 2.75) is 25.9 Å². The van der Waals surface area contributed by atoms with E-state index >= 15 is 0 Å². The van der Waals surface area contributed by atoms with Crippen molar-refractivity contribution in [3.8, 4) is 0 Å². The molecule has 4 atom stereocenters. The number of allylic oxidation sites excluding steroid dienone is 3. The van der Waals surface area contributed by atoms with Crippen molar-refractivity contribution in [1.29, 1.82) is 0 Å². The smallest absolute Gasteiger partial charge is 0.106 e. The van der Waals surface area contributed by atoms with Gasteiger partial charge in [-0.15, -0.1) is 0 Å². The maximum Gasteiger partial charge on any atom is 0.106 e. The average molecular weight is 232 g/mol. The molecule has 17 heavy (non-hydrogen) atoms. The largest absolute Gasteiger partial charge is 0.373 e. The normalized spacial score (nSPS) is 40.8. The molecule has 2 nitrogen and oxygen atoms in total. The van der Waals surface area contributed by atoms with Crippen molar-refractivity contribution in [2.24, 2.45) is 11.8 Å². The molecule has 2 bridgehead atoms. The van der Waals surface area contributed by atoms with Crippen molar-refractivity contribution in [1.82, 2.24) is 0 Å². The Morgan fingerprint density at radius 1 is 1.41 bits per heavy atom. The Kier molecular flexibility index (Phi) is 2.93. The molecule has 4 unspecified atom stereocenters. The maximum atomic E-state index is 6.15. The molecule has 2 heteroatoms. The lowest BCUT2D eigenvalue weighted by atomic mass is 9.75. The molecule has 0 amide bonds. The molecular formula is C15H22NO+. The Labute approximate surface area is 104 Å². The van der Waals surface area contributed by atoms with Crippen LogP contribution in [0.5, 0.6) is 0 Å². The number of hydrogen-bond donors (Lipinski definition) is 1. The zero-order chi connectivity index (χ0) is 11.8. The van der Waals surface area contributed by atoms with Crippen LogP contribution in [0.15, 0.2) is 35.6 Å². The van der Waals surface area contributed by atoms with Gasteiger partial charge in [0.1, 0.15) is 6.54 Å². The molecule has 0 aromatic carbocycles. The van der Waals surface area contributed by atoms with Crippen molar-refractivity contribution in [3.63, 3.8) is 0 Å². The van der Waals surface area contributed by atoms with Gasteiger partial charge in [0.05, 0.1) is 26.0 Å². The molecule has 1 saturated heterocycles. The van der Waals surface area contributed by atoms with Crippen molar-refractivity contribution in [2.75, 3.05) is 20.2 Å². The van der Waals surface area contributed by atoms with E-state index in [-0.39, 0.29) is 0 Å². The molecule has 2 heterocycles. The molecular weight excluding hydrogens is 210 g/mol. The van der Waals surface area contributed by atoms with E-state index in [0.29, 0.717) is 12.0 Å². The second-order valence-corrected chi connectivity index (χ2v) is 5.77.